The second-order valence-electron chi connectivity index (χ2n) is 3.09. The smallest absolute Gasteiger partial charge is 0.264 e. The molecule has 1 aromatic carbocycles. The zero-order valence-electron chi connectivity index (χ0n) is 8.59. The molecule has 0 saturated heterocycles. The standard InChI is InChI=1S/C10H8IN5O/c11-8-3-1-2-7(4-8)5-13-16-10(17)9-12-6-14-15-9/h1-6H,(H,16,17)(H,12,14,15)/b13-5-. The van der Waals surface area contributed by atoms with Crippen LogP contribution < -0.4 is 5.43 Å². The highest BCUT2D eigenvalue weighted by atomic mass is 127. The summed E-state index contributed by atoms with van der Waals surface area (Å²) in [5.74, 6) is -0.297. The maximum absolute atomic E-state index is 11.4. The molecule has 86 valence electrons. The van der Waals surface area contributed by atoms with E-state index >= 15 is 0 Å². The van der Waals surface area contributed by atoms with Gasteiger partial charge in [-0.3, -0.25) is 9.89 Å². The predicted molar refractivity (Wildman–Crippen MR) is 70.6 cm³/mol. The van der Waals surface area contributed by atoms with Gasteiger partial charge in [0.2, 0.25) is 5.82 Å². The van der Waals surface area contributed by atoms with Gasteiger partial charge in [-0.2, -0.15) is 10.2 Å². The van der Waals surface area contributed by atoms with E-state index in [2.05, 4.69) is 48.3 Å². The Labute approximate surface area is 111 Å². The first-order chi connectivity index (χ1) is 8.25. The van der Waals surface area contributed by atoms with Crippen molar-refractivity contribution in [1.82, 2.24) is 20.6 Å². The second-order valence-corrected chi connectivity index (χ2v) is 4.33. The summed E-state index contributed by atoms with van der Waals surface area (Å²) in [6.45, 7) is 0. The number of carbonyl (C=O) groups is 1. The SMILES string of the molecule is O=C(N/N=C\c1cccc(I)c1)c1ncn[nH]1. The molecule has 1 heterocycles. The van der Waals surface area contributed by atoms with Gasteiger partial charge < -0.3 is 0 Å². The Bertz CT molecular complexity index is 537. The molecule has 2 rings (SSSR count). The quantitative estimate of drug-likeness (QED) is 0.500. The van der Waals surface area contributed by atoms with Crippen molar-refractivity contribution in [2.24, 2.45) is 5.10 Å². The molecule has 0 saturated carbocycles. The van der Waals surface area contributed by atoms with Crippen molar-refractivity contribution in [2.45, 2.75) is 0 Å². The Kier molecular flexibility index (Phi) is 3.81. The molecule has 1 aromatic heterocycles. The van der Waals surface area contributed by atoms with Gasteiger partial charge in [-0.1, -0.05) is 12.1 Å². The van der Waals surface area contributed by atoms with Gasteiger partial charge in [0.25, 0.3) is 0 Å². The van der Waals surface area contributed by atoms with Crippen molar-refractivity contribution in [1.29, 1.82) is 0 Å². The summed E-state index contributed by atoms with van der Waals surface area (Å²) in [5, 5.41) is 9.84. The van der Waals surface area contributed by atoms with E-state index in [0.717, 1.165) is 9.13 Å². The van der Waals surface area contributed by atoms with Gasteiger partial charge in [-0.15, -0.1) is 0 Å². The van der Waals surface area contributed by atoms with E-state index in [1.54, 1.807) is 6.21 Å². The molecule has 0 aliphatic heterocycles. The van der Waals surface area contributed by atoms with Gasteiger partial charge in [0.15, 0.2) is 0 Å². The lowest BCUT2D eigenvalue weighted by atomic mass is 10.2. The van der Waals surface area contributed by atoms with Gasteiger partial charge >= 0.3 is 5.91 Å². The van der Waals surface area contributed by atoms with Gasteiger partial charge in [0, 0.05) is 3.57 Å². The number of nitrogens with one attached hydrogen (secondary N) is 2. The number of aromatic amines is 1. The average molecular weight is 341 g/mol. The molecule has 7 heteroatoms. The third-order valence-corrected chi connectivity index (χ3v) is 2.53. The Morgan fingerprint density at radius 1 is 1.53 bits per heavy atom. The van der Waals surface area contributed by atoms with Crippen molar-refractivity contribution < 1.29 is 4.79 Å². The van der Waals surface area contributed by atoms with Gasteiger partial charge in [0.05, 0.1) is 6.21 Å². The molecule has 0 radical (unpaired) electrons. The first-order valence-electron chi connectivity index (χ1n) is 4.70. The summed E-state index contributed by atoms with van der Waals surface area (Å²) in [7, 11) is 0. The molecule has 0 aliphatic carbocycles. The fraction of sp³-hybridized carbons (Fsp3) is 0. The Morgan fingerprint density at radius 3 is 3.12 bits per heavy atom. The monoisotopic (exact) mass is 341 g/mol. The number of amides is 1. The number of benzene rings is 1. The highest BCUT2D eigenvalue weighted by molar-refractivity contribution is 14.1. The topological polar surface area (TPSA) is 83.0 Å². The number of carbonyl (C=O) groups excluding carboxylic acids is 1. The lowest BCUT2D eigenvalue weighted by Gasteiger charge is -1.95. The van der Waals surface area contributed by atoms with Crippen LogP contribution in [0.2, 0.25) is 0 Å². The highest BCUT2D eigenvalue weighted by Gasteiger charge is 2.05. The predicted octanol–water partition coefficient (Wildman–Crippen LogP) is 1.17. The molecule has 2 aromatic rings. The Hall–Kier alpha value is -1.77. The summed E-state index contributed by atoms with van der Waals surface area (Å²) in [4.78, 5) is 15.1. The normalized spacial score (nSPS) is 10.6. The lowest BCUT2D eigenvalue weighted by molar-refractivity contribution is 0.0945. The molecule has 17 heavy (non-hydrogen) atoms. The first-order valence-corrected chi connectivity index (χ1v) is 5.78. The van der Waals surface area contributed by atoms with Crippen LogP contribution in [0, 0.1) is 3.57 Å². The minimum atomic E-state index is -0.427. The molecule has 0 atom stereocenters. The van der Waals surface area contributed by atoms with Gasteiger partial charge in [-0.25, -0.2) is 10.4 Å². The van der Waals surface area contributed by atoms with Crippen LogP contribution in [0.5, 0.6) is 0 Å². The van der Waals surface area contributed by atoms with E-state index in [9.17, 15) is 4.79 Å². The van der Waals surface area contributed by atoms with Crippen molar-refractivity contribution in [3.05, 3.63) is 45.6 Å². The summed E-state index contributed by atoms with van der Waals surface area (Å²) in [6, 6.07) is 7.74. The van der Waals surface area contributed by atoms with Crippen LogP contribution in [0.25, 0.3) is 0 Å². The fourth-order valence-electron chi connectivity index (χ4n) is 1.12. The third kappa shape index (κ3) is 3.34. The largest absolute Gasteiger partial charge is 0.308 e. The number of hydrogen-bond donors (Lipinski definition) is 2. The van der Waals surface area contributed by atoms with Gasteiger partial charge in [0.1, 0.15) is 6.33 Å². The van der Waals surface area contributed by atoms with Crippen LogP contribution in [0.1, 0.15) is 16.2 Å². The summed E-state index contributed by atoms with van der Waals surface area (Å²) in [6.07, 6.45) is 2.83. The molecule has 0 unspecified atom stereocenters. The summed E-state index contributed by atoms with van der Waals surface area (Å²) >= 11 is 2.21. The van der Waals surface area contributed by atoms with Crippen LogP contribution >= 0.6 is 22.6 Å². The number of H-pyrrole nitrogens is 1. The maximum Gasteiger partial charge on any atom is 0.308 e. The minimum Gasteiger partial charge on any atom is -0.264 e. The van der Waals surface area contributed by atoms with Crippen LogP contribution in [0.4, 0.5) is 0 Å². The molecule has 2 N–H and O–H groups in total. The van der Waals surface area contributed by atoms with Crippen molar-refractivity contribution in [2.75, 3.05) is 0 Å². The number of halogens is 1. The third-order valence-electron chi connectivity index (χ3n) is 1.86. The van der Waals surface area contributed by atoms with E-state index < -0.39 is 5.91 Å². The van der Waals surface area contributed by atoms with E-state index in [1.165, 1.54) is 6.33 Å². The fourth-order valence-corrected chi connectivity index (χ4v) is 1.69. The van der Waals surface area contributed by atoms with Crippen LogP contribution in [0.3, 0.4) is 0 Å². The van der Waals surface area contributed by atoms with Crippen LogP contribution in [-0.2, 0) is 0 Å². The molecule has 0 fully saturated rings. The zero-order chi connectivity index (χ0) is 12.1. The van der Waals surface area contributed by atoms with Gasteiger partial charge in [-0.05, 0) is 40.3 Å². The molecule has 6 nitrogen and oxygen atoms in total. The van der Waals surface area contributed by atoms with Crippen LogP contribution in [0.15, 0.2) is 35.7 Å². The zero-order valence-corrected chi connectivity index (χ0v) is 10.7. The number of rotatable bonds is 3. The number of nitrogens with zero attached hydrogens (tertiary/aromatic N) is 3. The van der Waals surface area contributed by atoms with Crippen molar-refractivity contribution in [3.63, 3.8) is 0 Å². The molecular weight excluding hydrogens is 333 g/mol. The average Bonchev–Trinajstić information content (AvgIpc) is 2.82. The Morgan fingerprint density at radius 2 is 2.41 bits per heavy atom. The van der Waals surface area contributed by atoms with E-state index in [-0.39, 0.29) is 5.82 Å². The van der Waals surface area contributed by atoms with E-state index in [4.69, 9.17) is 0 Å². The molecule has 0 bridgehead atoms. The number of aromatic nitrogens is 3. The molecular formula is C10H8IN5O. The maximum atomic E-state index is 11.4. The molecule has 1 amide bonds. The number of hydrogen-bond acceptors (Lipinski definition) is 4. The molecule has 0 aliphatic rings. The number of hydrazone groups is 1. The molecule has 0 spiro atoms. The van der Waals surface area contributed by atoms with Crippen molar-refractivity contribution in [3.8, 4) is 0 Å². The Balaban J connectivity index is 1.96. The minimum absolute atomic E-state index is 0.129. The van der Waals surface area contributed by atoms with Crippen molar-refractivity contribution >= 4 is 34.7 Å². The van der Waals surface area contributed by atoms with E-state index in [1.807, 2.05) is 24.3 Å². The first kappa shape index (κ1) is 11.7. The second kappa shape index (κ2) is 5.53. The summed E-state index contributed by atoms with van der Waals surface area (Å²) < 4.78 is 1.10. The van der Waals surface area contributed by atoms with Crippen LogP contribution in [-0.4, -0.2) is 27.3 Å². The van der Waals surface area contributed by atoms with E-state index in [0.29, 0.717) is 0 Å². The lowest BCUT2D eigenvalue weighted by Crippen LogP contribution is -2.19. The highest BCUT2D eigenvalue weighted by Crippen LogP contribution is 2.05. The summed E-state index contributed by atoms with van der Waals surface area (Å²) in [5.41, 5.74) is 3.26.